The number of benzene rings is 1. The van der Waals surface area contributed by atoms with Crippen LogP contribution in [0.25, 0.3) is 10.9 Å². The molecule has 118 valence electrons. The Morgan fingerprint density at radius 3 is 2.64 bits per heavy atom. The van der Waals surface area contributed by atoms with Crippen molar-refractivity contribution in [2.45, 2.75) is 40.2 Å². The minimum Gasteiger partial charge on any atom is -0.396 e. The van der Waals surface area contributed by atoms with E-state index < -0.39 is 0 Å². The summed E-state index contributed by atoms with van der Waals surface area (Å²) in [6, 6.07) is 7.88. The fraction of sp³-hybridized carbons (Fsp3) is 0.444. The van der Waals surface area contributed by atoms with Crippen LogP contribution in [-0.2, 0) is 0 Å². The third-order valence-electron chi connectivity index (χ3n) is 3.97. The zero-order valence-electron chi connectivity index (χ0n) is 13.7. The van der Waals surface area contributed by atoms with Gasteiger partial charge in [0.15, 0.2) is 0 Å². The van der Waals surface area contributed by atoms with Crippen LogP contribution in [0.4, 0.5) is 0 Å². The molecule has 1 amide bonds. The summed E-state index contributed by atoms with van der Waals surface area (Å²) >= 11 is 0. The molecular formula is C18H24N2O2. The van der Waals surface area contributed by atoms with Crippen LogP contribution in [0, 0.1) is 19.8 Å². The number of rotatable bonds is 5. The molecule has 2 N–H and O–H groups in total. The number of pyridine rings is 1. The van der Waals surface area contributed by atoms with Gasteiger partial charge in [0.2, 0.25) is 0 Å². The maximum Gasteiger partial charge on any atom is 0.253 e. The van der Waals surface area contributed by atoms with E-state index in [9.17, 15) is 4.79 Å². The van der Waals surface area contributed by atoms with Gasteiger partial charge >= 0.3 is 0 Å². The first kappa shape index (κ1) is 16.4. The van der Waals surface area contributed by atoms with Crippen molar-refractivity contribution in [3.8, 4) is 0 Å². The second-order valence-corrected chi connectivity index (χ2v) is 6.15. The summed E-state index contributed by atoms with van der Waals surface area (Å²) in [6.07, 6.45) is 0.558. The minimum absolute atomic E-state index is 0.0365. The van der Waals surface area contributed by atoms with Crippen LogP contribution in [0.15, 0.2) is 24.3 Å². The minimum atomic E-state index is -0.125. The van der Waals surface area contributed by atoms with Crippen molar-refractivity contribution < 1.29 is 9.90 Å². The molecule has 4 nitrogen and oxygen atoms in total. The van der Waals surface area contributed by atoms with Crippen LogP contribution < -0.4 is 5.32 Å². The molecule has 0 radical (unpaired) electrons. The van der Waals surface area contributed by atoms with E-state index in [2.05, 4.69) is 10.3 Å². The van der Waals surface area contributed by atoms with E-state index in [0.717, 1.165) is 22.2 Å². The third kappa shape index (κ3) is 3.63. The number of hydrogen-bond acceptors (Lipinski definition) is 3. The number of aliphatic hydroxyl groups is 1. The largest absolute Gasteiger partial charge is 0.396 e. The molecule has 2 rings (SSSR count). The lowest BCUT2D eigenvalue weighted by Gasteiger charge is -2.22. The Hall–Kier alpha value is -1.94. The molecule has 0 aliphatic rings. The highest BCUT2D eigenvalue weighted by molar-refractivity contribution is 5.98. The van der Waals surface area contributed by atoms with Gasteiger partial charge in [-0.3, -0.25) is 9.78 Å². The first-order valence-electron chi connectivity index (χ1n) is 7.72. The summed E-state index contributed by atoms with van der Waals surface area (Å²) in [6.45, 7) is 8.02. The van der Waals surface area contributed by atoms with Gasteiger partial charge in [-0.1, -0.05) is 26.0 Å². The molecule has 1 heterocycles. The van der Waals surface area contributed by atoms with Gasteiger partial charge in [-0.15, -0.1) is 0 Å². The predicted octanol–water partition coefficient (Wildman–Crippen LogP) is 2.99. The molecule has 1 aromatic carbocycles. The molecular weight excluding hydrogens is 276 g/mol. The molecule has 0 aliphatic carbocycles. The van der Waals surface area contributed by atoms with Crippen molar-refractivity contribution >= 4 is 16.8 Å². The van der Waals surface area contributed by atoms with E-state index in [1.54, 1.807) is 0 Å². The standard InChI is InChI=1S/C18H24N2O2/c1-11(2)16(7-8-21)20-18(22)15-10-14-6-5-12(3)9-17(14)19-13(15)4/h5-6,9-11,16,21H,7-8H2,1-4H3,(H,20,22). The SMILES string of the molecule is Cc1ccc2cc(C(=O)NC(CCO)C(C)C)c(C)nc2c1. The van der Waals surface area contributed by atoms with Gasteiger partial charge < -0.3 is 10.4 Å². The third-order valence-corrected chi connectivity index (χ3v) is 3.97. The Balaban J connectivity index is 2.31. The highest BCUT2D eigenvalue weighted by atomic mass is 16.3. The van der Waals surface area contributed by atoms with Crippen molar-refractivity contribution in [3.05, 3.63) is 41.1 Å². The van der Waals surface area contributed by atoms with Gasteiger partial charge in [-0.25, -0.2) is 0 Å². The molecule has 0 saturated carbocycles. The fourth-order valence-electron chi connectivity index (χ4n) is 2.56. The second-order valence-electron chi connectivity index (χ2n) is 6.15. The predicted molar refractivity (Wildman–Crippen MR) is 89.0 cm³/mol. The maximum absolute atomic E-state index is 12.5. The number of carbonyl (C=O) groups excluding carboxylic acids is 1. The molecule has 1 aromatic heterocycles. The summed E-state index contributed by atoms with van der Waals surface area (Å²) in [7, 11) is 0. The number of aromatic nitrogens is 1. The number of hydrogen-bond donors (Lipinski definition) is 2. The van der Waals surface area contributed by atoms with Crippen molar-refractivity contribution in [1.82, 2.24) is 10.3 Å². The Morgan fingerprint density at radius 1 is 1.27 bits per heavy atom. The Bertz CT molecular complexity index is 680. The summed E-state index contributed by atoms with van der Waals surface area (Å²) < 4.78 is 0. The number of aryl methyl sites for hydroxylation is 2. The summed E-state index contributed by atoms with van der Waals surface area (Å²) in [5.74, 6) is 0.145. The van der Waals surface area contributed by atoms with Crippen LogP contribution in [0.3, 0.4) is 0 Å². The number of aliphatic hydroxyl groups excluding tert-OH is 1. The lowest BCUT2D eigenvalue weighted by atomic mass is 10.0. The Labute approximate surface area is 131 Å². The first-order valence-corrected chi connectivity index (χ1v) is 7.72. The molecule has 0 spiro atoms. The number of amides is 1. The van der Waals surface area contributed by atoms with Crippen molar-refractivity contribution in [2.75, 3.05) is 6.61 Å². The van der Waals surface area contributed by atoms with Gasteiger partial charge in [-0.05, 0) is 43.9 Å². The van der Waals surface area contributed by atoms with Crippen molar-refractivity contribution in [3.63, 3.8) is 0 Å². The molecule has 0 fully saturated rings. The number of fused-ring (bicyclic) bond motifs is 1. The maximum atomic E-state index is 12.5. The van der Waals surface area contributed by atoms with E-state index in [4.69, 9.17) is 5.11 Å². The highest BCUT2D eigenvalue weighted by Gasteiger charge is 2.18. The number of carbonyl (C=O) groups is 1. The fourth-order valence-corrected chi connectivity index (χ4v) is 2.56. The van der Waals surface area contributed by atoms with Crippen LogP contribution in [-0.4, -0.2) is 28.6 Å². The topological polar surface area (TPSA) is 62.2 Å². The lowest BCUT2D eigenvalue weighted by Crippen LogP contribution is -2.39. The van der Waals surface area contributed by atoms with Crippen LogP contribution in [0.2, 0.25) is 0 Å². The summed E-state index contributed by atoms with van der Waals surface area (Å²) in [5.41, 5.74) is 3.38. The number of nitrogens with zero attached hydrogens (tertiary/aromatic N) is 1. The van der Waals surface area contributed by atoms with Gasteiger partial charge in [0.05, 0.1) is 16.8 Å². The molecule has 1 unspecified atom stereocenters. The van der Waals surface area contributed by atoms with E-state index in [1.165, 1.54) is 0 Å². The monoisotopic (exact) mass is 300 g/mol. The average molecular weight is 300 g/mol. The normalized spacial score (nSPS) is 12.6. The van der Waals surface area contributed by atoms with Crippen LogP contribution >= 0.6 is 0 Å². The quantitative estimate of drug-likeness (QED) is 0.892. The van der Waals surface area contributed by atoms with Crippen LogP contribution in [0.5, 0.6) is 0 Å². The molecule has 0 aliphatic heterocycles. The van der Waals surface area contributed by atoms with E-state index >= 15 is 0 Å². The molecule has 2 aromatic rings. The van der Waals surface area contributed by atoms with E-state index in [1.807, 2.05) is 52.0 Å². The average Bonchev–Trinajstić information content (AvgIpc) is 2.45. The van der Waals surface area contributed by atoms with Crippen LogP contribution in [0.1, 0.15) is 41.9 Å². The summed E-state index contributed by atoms with van der Waals surface area (Å²) in [4.78, 5) is 17.1. The Morgan fingerprint density at radius 2 is 2.00 bits per heavy atom. The molecule has 1 atom stereocenters. The van der Waals surface area contributed by atoms with Gasteiger partial charge in [0, 0.05) is 18.0 Å². The van der Waals surface area contributed by atoms with Crippen molar-refractivity contribution in [2.24, 2.45) is 5.92 Å². The van der Waals surface area contributed by atoms with Crippen molar-refractivity contribution in [1.29, 1.82) is 0 Å². The van der Waals surface area contributed by atoms with E-state index in [0.29, 0.717) is 12.0 Å². The Kier molecular flexibility index (Phi) is 5.14. The zero-order valence-corrected chi connectivity index (χ0v) is 13.7. The molecule has 4 heteroatoms. The molecule has 22 heavy (non-hydrogen) atoms. The highest BCUT2D eigenvalue weighted by Crippen LogP contribution is 2.18. The van der Waals surface area contributed by atoms with Gasteiger partial charge in [0.1, 0.15) is 0 Å². The van der Waals surface area contributed by atoms with Gasteiger partial charge in [0.25, 0.3) is 5.91 Å². The van der Waals surface area contributed by atoms with E-state index in [-0.39, 0.29) is 24.5 Å². The molecule has 0 saturated heterocycles. The second kappa shape index (κ2) is 6.88. The first-order chi connectivity index (χ1) is 10.4. The number of nitrogens with one attached hydrogen (secondary N) is 1. The van der Waals surface area contributed by atoms with Gasteiger partial charge in [-0.2, -0.15) is 0 Å². The lowest BCUT2D eigenvalue weighted by molar-refractivity contribution is 0.0915. The zero-order chi connectivity index (χ0) is 16.3. The summed E-state index contributed by atoms with van der Waals surface area (Å²) in [5, 5.41) is 13.1. The smallest absolute Gasteiger partial charge is 0.253 e. The molecule has 0 bridgehead atoms.